The van der Waals surface area contributed by atoms with Crippen molar-refractivity contribution < 1.29 is 18.8 Å². The Hall–Kier alpha value is -1.47. The maximum Gasteiger partial charge on any atom is 0.248 e. The fourth-order valence-electron chi connectivity index (χ4n) is 2.72. The standard InChI is InChI=1S/C17H29N3O4/c1-4-22-12-17(21)20-8-5-6-14(11-20)23-9-7-15-18-16(24-19-15)10-13(2)3/h13-14H,4-12H2,1-3H3. The molecular formula is C17H29N3O4. The van der Waals surface area contributed by atoms with E-state index in [1.165, 1.54) is 0 Å². The Labute approximate surface area is 143 Å². The first-order valence-electron chi connectivity index (χ1n) is 8.87. The van der Waals surface area contributed by atoms with Gasteiger partial charge in [0.25, 0.3) is 0 Å². The van der Waals surface area contributed by atoms with Crippen LogP contribution in [0.15, 0.2) is 4.52 Å². The molecule has 1 saturated heterocycles. The van der Waals surface area contributed by atoms with E-state index in [0.717, 1.165) is 25.8 Å². The second kappa shape index (κ2) is 9.74. The molecule has 136 valence electrons. The highest BCUT2D eigenvalue weighted by molar-refractivity contribution is 5.77. The van der Waals surface area contributed by atoms with Crippen LogP contribution in [-0.4, -0.2) is 60.0 Å². The number of hydrogen-bond acceptors (Lipinski definition) is 6. The molecule has 0 bridgehead atoms. The van der Waals surface area contributed by atoms with E-state index < -0.39 is 0 Å². The Morgan fingerprint density at radius 3 is 3.04 bits per heavy atom. The molecule has 7 heteroatoms. The van der Waals surface area contributed by atoms with Crippen LogP contribution in [0.4, 0.5) is 0 Å². The minimum Gasteiger partial charge on any atom is -0.376 e. The molecule has 1 atom stereocenters. The largest absolute Gasteiger partial charge is 0.376 e. The molecule has 1 amide bonds. The maximum atomic E-state index is 12.0. The molecule has 0 radical (unpaired) electrons. The SMILES string of the molecule is CCOCC(=O)N1CCCC(OCCc2noc(CC(C)C)n2)C1. The second-order valence-electron chi connectivity index (χ2n) is 6.56. The molecule has 24 heavy (non-hydrogen) atoms. The van der Waals surface area contributed by atoms with Crippen molar-refractivity contribution in [1.82, 2.24) is 15.0 Å². The third kappa shape index (κ3) is 6.20. The summed E-state index contributed by atoms with van der Waals surface area (Å²) in [6.45, 7) is 8.81. The first kappa shape index (κ1) is 18.9. The van der Waals surface area contributed by atoms with Gasteiger partial charge in [0.2, 0.25) is 11.8 Å². The summed E-state index contributed by atoms with van der Waals surface area (Å²) in [5, 5.41) is 3.98. The van der Waals surface area contributed by atoms with E-state index in [4.69, 9.17) is 14.0 Å². The third-order valence-electron chi connectivity index (χ3n) is 3.93. The first-order chi connectivity index (χ1) is 11.6. The van der Waals surface area contributed by atoms with Crippen molar-refractivity contribution >= 4 is 5.91 Å². The Morgan fingerprint density at radius 1 is 1.46 bits per heavy atom. The average molecular weight is 339 g/mol. The number of rotatable bonds is 9. The first-order valence-corrected chi connectivity index (χ1v) is 8.87. The van der Waals surface area contributed by atoms with Crippen LogP contribution in [0.1, 0.15) is 45.3 Å². The quantitative estimate of drug-likeness (QED) is 0.683. The van der Waals surface area contributed by atoms with Crippen LogP contribution in [0.3, 0.4) is 0 Å². The Balaban J connectivity index is 1.70. The van der Waals surface area contributed by atoms with E-state index in [2.05, 4.69) is 24.0 Å². The number of hydrogen-bond donors (Lipinski definition) is 0. The summed E-state index contributed by atoms with van der Waals surface area (Å²) in [6, 6.07) is 0. The number of aromatic nitrogens is 2. The van der Waals surface area contributed by atoms with Crippen LogP contribution in [0.5, 0.6) is 0 Å². The smallest absolute Gasteiger partial charge is 0.248 e. The van der Waals surface area contributed by atoms with Gasteiger partial charge in [0.15, 0.2) is 5.82 Å². The van der Waals surface area contributed by atoms with Crippen LogP contribution in [0, 0.1) is 5.92 Å². The van der Waals surface area contributed by atoms with E-state index in [1.54, 1.807) is 0 Å². The summed E-state index contributed by atoms with van der Waals surface area (Å²) in [5.41, 5.74) is 0. The molecule has 7 nitrogen and oxygen atoms in total. The van der Waals surface area contributed by atoms with Gasteiger partial charge in [0, 0.05) is 32.5 Å². The normalized spacial score (nSPS) is 18.3. The molecular weight excluding hydrogens is 310 g/mol. The molecule has 1 fully saturated rings. The monoisotopic (exact) mass is 339 g/mol. The van der Waals surface area contributed by atoms with E-state index in [9.17, 15) is 4.79 Å². The van der Waals surface area contributed by atoms with Gasteiger partial charge in [-0.1, -0.05) is 19.0 Å². The molecule has 1 aliphatic rings. The molecule has 1 aliphatic heterocycles. The number of amides is 1. The summed E-state index contributed by atoms with van der Waals surface area (Å²) in [6.07, 6.45) is 3.44. The highest BCUT2D eigenvalue weighted by Crippen LogP contribution is 2.14. The van der Waals surface area contributed by atoms with Crippen molar-refractivity contribution in [2.75, 3.05) is 32.9 Å². The van der Waals surface area contributed by atoms with E-state index in [0.29, 0.717) is 43.8 Å². The summed E-state index contributed by atoms with van der Waals surface area (Å²) in [4.78, 5) is 18.2. The number of piperidine rings is 1. The van der Waals surface area contributed by atoms with Crippen molar-refractivity contribution in [1.29, 1.82) is 0 Å². The van der Waals surface area contributed by atoms with Gasteiger partial charge >= 0.3 is 0 Å². The highest BCUT2D eigenvalue weighted by atomic mass is 16.5. The summed E-state index contributed by atoms with van der Waals surface area (Å²) in [5.74, 6) is 1.91. The van der Waals surface area contributed by atoms with Gasteiger partial charge in [0.1, 0.15) is 6.61 Å². The molecule has 1 aromatic heterocycles. The second-order valence-corrected chi connectivity index (χ2v) is 6.56. The molecule has 1 unspecified atom stereocenters. The van der Waals surface area contributed by atoms with E-state index in [-0.39, 0.29) is 18.6 Å². The molecule has 1 aromatic rings. The van der Waals surface area contributed by atoms with Gasteiger partial charge in [-0.3, -0.25) is 4.79 Å². The van der Waals surface area contributed by atoms with Gasteiger partial charge < -0.3 is 18.9 Å². The number of carbonyl (C=O) groups excluding carboxylic acids is 1. The lowest BCUT2D eigenvalue weighted by molar-refractivity contribution is -0.140. The summed E-state index contributed by atoms with van der Waals surface area (Å²) < 4.78 is 16.3. The summed E-state index contributed by atoms with van der Waals surface area (Å²) >= 11 is 0. The number of ether oxygens (including phenoxy) is 2. The van der Waals surface area contributed by atoms with Gasteiger partial charge in [-0.15, -0.1) is 0 Å². The van der Waals surface area contributed by atoms with Gasteiger partial charge in [0.05, 0.1) is 12.7 Å². The van der Waals surface area contributed by atoms with Gasteiger partial charge in [-0.05, 0) is 25.7 Å². The van der Waals surface area contributed by atoms with Crippen LogP contribution in [-0.2, 0) is 27.1 Å². The molecule has 2 rings (SSSR count). The topological polar surface area (TPSA) is 77.7 Å². The van der Waals surface area contributed by atoms with Crippen LogP contribution < -0.4 is 0 Å². The highest BCUT2D eigenvalue weighted by Gasteiger charge is 2.24. The maximum absolute atomic E-state index is 12.0. The van der Waals surface area contributed by atoms with Crippen LogP contribution in [0.2, 0.25) is 0 Å². The Kier molecular flexibility index (Phi) is 7.65. The van der Waals surface area contributed by atoms with Crippen molar-refractivity contribution in [2.24, 2.45) is 5.92 Å². The van der Waals surface area contributed by atoms with E-state index >= 15 is 0 Å². The minimum absolute atomic E-state index is 0.0432. The number of carbonyl (C=O) groups is 1. The van der Waals surface area contributed by atoms with Crippen molar-refractivity contribution in [3.05, 3.63) is 11.7 Å². The Bertz CT molecular complexity index is 504. The predicted molar refractivity (Wildman–Crippen MR) is 88.6 cm³/mol. The molecule has 0 N–H and O–H groups in total. The molecule has 0 aliphatic carbocycles. The minimum atomic E-state index is 0.0432. The zero-order valence-electron chi connectivity index (χ0n) is 15.0. The van der Waals surface area contributed by atoms with E-state index in [1.807, 2.05) is 11.8 Å². The molecule has 0 aromatic carbocycles. The molecule has 0 saturated carbocycles. The van der Waals surface area contributed by atoms with Gasteiger partial charge in [-0.2, -0.15) is 4.98 Å². The fourth-order valence-corrected chi connectivity index (χ4v) is 2.72. The van der Waals surface area contributed by atoms with Crippen molar-refractivity contribution in [2.45, 2.75) is 52.6 Å². The van der Waals surface area contributed by atoms with Gasteiger partial charge in [-0.25, -0.2) is 0 Å². The predicted octanol–water partition coefficient (Wildman–Crippen LogP) is 1.85. The van der Waals surface area contributed by atoms with Crippen molar-refractivity contribution in [3.8, 4) is 0 Å². The lowest BCUT2D eigenvalue weighted by atomic mass is 10.1. The molecule has 2 heterocycles. The fraction of sp³-hybridized carbons (Fsp3) is 0.824. The molecule has 0 spiro atoms. The number of likely N-dealkylation sites (tertiary alicyclic amines) is 1. The summed E-state index contributed by atoms with van der Waals surface area (Å²) in [7, 11) is 0. The van der Waals surface area contributed by atoms with Crippen LogP contribution in [0.25, 0.3) is 0 Å². The lowest BCUT2D eigenvalue weighted by Crippen LogP contribution is -2.44. The zero-order chi connectivity index (χ0) is 17.4. The third-order valence-corrected chi connectivity index (χ3v) is 3.93. The number of nitrogens with zero attached hydrogens (tertiary/aromatic N) is 3. The zero-order valence-corrected chi connectivity index (χ0v) is 15.0. The van der Waals surface area contributed by atoms with Crippen molar-refractivity contribution in [3.63, 3.8) is 0 Å². The Morgan fingerprint density at radius 2 is 2.29 bits per heavy atom. The average Bonchev–Trinajstić information content (AvgIpc) is 2.99. The lowest BCUT2D eigenvalue weighted by Gasteiger charge is -2.32. The van der Waals surface area contributed by atoms with Crippen LogP contribution >= 0.6 is 0 Å².